The van der Waals surface area contributed by atoms with Gasteiger partial charge in [0, 0.05) is 44.1 Å². The molecule has 0 atom stereocenters. The molecular weight excluding hydrogens is 454 g/mol. The highest BCUT2D eigenvalue weighted by atomic mass is 32.2. The van der Waals surface area contributed by atoms with Crippen molar-refractivity contribution in [2.24, 2.45) is 0 Å². The first-order valence-electron chi connectivity index (χ1n) is 9.69. The number of amides is 1. The topological polar surface area (TPSA) is 122 Å². The molecule has 1 aromatic heterocycles. The third-order valence-electron chi connectivity index (χ3n) is 5.22. The van der Waals surface area contributed by atoms with Gasteiger partial charge in [0.2, 0.25) is 10.0 Å². The normalized spacial score (nSPS) is 14.9. The van der Waals surface area contributed by atoms with Crippen molar-refractivity contribution in [3.63, 3.8) is 0 Å². The smallest absolute Gasteiger partial charge is 0.289 e. The molecule has 0 bridgehead atoms. The average molecular weight is 474 g/mol. The van der Waals surface area contributed by atoms with Crippen LogP contribution in [-0.4, -0.2) is 64.2 Å². The molecule has 2 heterocycles. The van der Waals surface area contributed by atoms with Gasteiger partial charge < -0.3 is 9.88 Å². The van der Waals surface area contributed by atoms with Gasteiger partial charge in [0.1, 0.15) is 5.69 Å². The minimum atomic E-state index is -4.07. The molecule has 0 radical (unpaired) electrons. The second-order valence-electron chi connectivity index (χ2n) is 7.07. The lowest BCUT2D eigenvalue weighted by Gasteiger charge is -2.33. The third-order valence-corrected chi connectivity index (χ3v) is 7.46. The van der Waals surface area contributed by atoms with Crippen molar-refractivity contribution in [2.45, 2.75) is 4.90 Å². The number of benzene rings is 2. The number of nitro groups is 1. The van der Waals surface area contributed by atoms with Gasteiger partial charge >= 0.3 is 0 Å². The van der Waals surface area contributed by atoms with Crippen LogP contribution in [0.25, 0.3) is 5.69 Å². The number of rotatable bonds is 5. The maximum absolute atomic E-state index is 13.2. The van der Waals surface area contributed by atoms with E-state index in [0.29, 0.717) is 10.5 Å². The van der Waals surface area contributed by atoms with Crippen molar-refractivity contribution in [2.75, 3.05) is 26.2 Å². The van der Waals surface area contributed by atoms with Gasteiger partial charge in [-0.15, -0.1) is 0 Å². The Morgan fingerprint density at radius 3 is 2.28 bits per heavy atom. The summed E-state index contributed by atoms with van der Waals surface area (Å²) in [5, 5.41) is 11.3. The number of carbonyl (C=O) groups is 1. The first-order valence-corrected chi connectivity index (χ1v) is 11.5. The molecule has 166 valence electrons. The molecule has 1 aliphatic heterocycles. The van der Waals surface area contributed by atoms with E-state index in [1.165, 1.54) is 28.7 Å². The number of aromatic amines is 1. The Hall–Kier alpha value is -3.35. The van der Waals surface area contributed by atoms with Gasteiger partial charge in [0.25, 0.3) is 11.6 Å². The second kappa shape index (κ2) is 8.65. The lowest BCUT2D eigenvalue weighted by atomic mass is 10.3. The summed E-state index contributed by atoms with van der Waals surface area (Å²) in [5.74, 6) is -0.288. The number of nitrogens with one attached hydrogen (secondary N) is 1. The van der Waals surface area contributed by atoms with Gasteiger partial charge in [-0.05, 0) is 30.4 Å². The Balaban J connectivity index is 1.54. The van der Waals surface area contributed by atoms with E-state index in [9.17, 15) is 23.3 Å². The maximum Gasteiger partial charge on any atom is 0.289 e. The Labute approximate surface area is 188 Å². The van der Waals surface area contributed by atoms with E-state index in [0.717, 1.165) is 11.8 Å². The molecule has 1 saturated heterocycles. The zero-order valence-electron chi connectivity index (χ0n) is 16.7. The Morgan fingerprint density at radius 2 is 1.62 bits per heavy atom. The molecule has 0 saturated carbocycles. The monoisotopic (exact) mass is 473 g/mol. The van der Waals surface area contributed by atoms with E-state index in [4.69, 9.17) is 12.2 Å². The lowest BCUT2D eigenvalue weighted by molar-refractivity contribution is -0.387. The van der Waals surface area contributed by atoms with Crippen molar-refractivity contribution in [1.82, 2.24) is 18.8 Å². The third kappa shape index (κ3) is 3.95. The van der Waals surface area contributed by atoms with Gasteiger partial charge in [0.05, 0.1) is 4.92 Å². The maximum atomic E-state index is 13.2. The van der Waals surface area contributed by atoms with Gasteiger partial charge in [-0.3, -0.25) is 19.5 Å². The summed E-state index contributed by atoms with van der Waals surface area (Å²) in [6.07, 6.45) is 1.54. The highest BCUT2D eigenvalue weighted by Gasteiger charge is 2.35. The number of carbonyl (C=O) groups excluding carboxylic acids is 1. The molecule has 1 N–H and O–H groups in total. The number of para-hydroxylation sites is 2. The molecule has 4 rings (SSSR count). The first-order chi connectivity index (χ1) is 15.3. The number of sulfonamides is 1. The molecule has 0 unspecified atom stereocenters. The number of nitro benzene ring substituents is 1. The largest absolute Gasteiger partial charge is 0.336 e. The van der Waals surface area contributed by atoms with Crippen LogP contribution in [0.3, 0.4) is 0 Å². The fourth-order valence-electron chi connectivity index (χ4n) is 3.62. The van der Waals surface area contributed by atoms with Crippen molar-refractivity contribution in [3.8, 4) is 5.69 Å². The van der Waals surface area contributed by atoms with Crippen molar-refractivity contribution < 1.29 is 18.1 Å². The summed E-state index contributed by atoms with van der Waals surface area (Å²) in [5.41, 5.74) is 0.608. The van der Waals surface area contributed by atoms with E-state index in [-0.39, 0.29) is 37.0 Å². The highest BCUT2D eigenvalue weighted by molar-refractivity contribution is 7.89. The number of aromatic nitrogens is 2. The summed E-state index contributed by atoms with van der Waals surface area (Å²) in [6.45, 7) is 0.337. The molecule has 0 spiro atoms. The van der Waals surface area contributed by atoms with Gasteiger partial charge in [-0.2, -0.15) is 4.31 Å². The predicted molar refractivity (Wildman–Crippen MR) is 119 cm³/mol. The Morgan fingerprint density at radius 1 is 1.00 bits per heavy atom. The Bertz CT molecular complexity index is 1330. The van der Waals surface area contributed by atoms with E-state index in [1.807, 2.05) is 30.3 Å². The van der Waals surface area contributed by atoms with Crippen molar-refractivity contribution >= 4 is 33.8 Å². The summed E-state index contributed by atoms with van der Waals surface area (Å²) in [6, 6.07) is 14.4. The van der Waals surface area contributed by atoms with Crippen LogP contribution in [0.1, 0.15) is 10.5 Å². The molecule has 12 heteroatoms. The zero-order valence-corrected chi connectivity index (χ0v) is 18.4. The van der Waals surface area contributed by atoms with Gasteiger partial charge in [-0.1, -0.05) is 30.3 Å². The molecule has 2 aromatic carbocycles. The predicted octanol–water partition coefficient (Wildman–Crippen LogP) is 2.59. The van der Waals surface area contributed by atoms with Crippen LogP contribution in [0.5, 0.6) is 0 Å². The number of imidazole rings is 1. The summed E-state index contributed by atoms with van der Waals surface area (Å²) in [7, 11) is -4.07. The minimum Gasteiger partial charge on any atom is -0.336 e. The first kappa shape index (κ1) is 21.9. The SMILES string of the molecule is O=C(c1c[nH]c(=S)n1-c1ccccc1)N1CCN(S(=O)(=O)c2ccccc2[N+](=O)[O-])CC1. The van der Waals surface area contributed by atoms with Crippen LogP contribution in [0.15, 0.2) is 65.7 Å². The highest BCUT2D eigenvalue weighted by Crippen LogP contribution is 2.27. The van der Waals surface area contributed by atoms with Gasteiger partial charge in [0.15, 0.2) is 9.67 Å². The van der Waals surface area contributed by atoms with Crippen molar-refractivity contribution in [3.05, 3.63) is 81.4 Å². The van der Waals surface area contributed by atoms with E-state index >= 15 is 0 Å². The fraction of sp³-hybridized carbons (Fsp3) is 0.200. The van der Waals surface area contributed by atoms with Crippen LogP contribution in [0, 0.1) is 14.9 Å². The molecule has 1 aliphatic rings. The number of hydrogen-bond donors (Lipinski definition) is 1. The standard InChI is InChI=1S/C20H19N5O5S2/c26-19(17-14-21-20(31)24(17)15-6-2-1-3-7-15)22-10-12-23(13-11-22)32(29,30)18-9-5-4-8-16(18)25(27)28/h1-9,14H,10-13H2,(H,21,31). The van der Waals surface area contributed by atoms with Crippen molar-refractivity contribution in [1.29, 1.82) is 0 Å². The number of hydrogen-bond acceptors (Lipinski definition) is 6. The average Bonchev–Trinajstić information content (AvgIpc) is 3.20. The molecule has 1 amide bonds. The Kier molecular flexibility index (Phi) is 5.91. The van der Waals surface area contributed by atoms with Crippen LogP contribution in [-0.2, 0) is 10.0 Å². The minimum absolute atomic E-state index is 0.0244. The van der Waals surface area contributed by atoms with Crippen LogP contribution in [0.2, 0.25) is 0 Å². The lowest BCUT2D eigenvalue weighted by Crippen LogP contribution is -2.50. The summed E-state index contributed by atoms with van der Waals surface area (Å²) < 4.78 is 29.2. The second-order valence-corrected chi connectivity index (χ2v) is 9.36. The van der Waals surface area contributed by atoms with E-state index < -0.39 is 20.6 Å². The molecular formula is C20H19N5O5S2. The van der Waals surface area contributed by atoms with Crippen LogP contribution in [0.4, 0.5) is 5.69 Å². The molecule has 3 aromatic rings. The zero-order chi connectivity index (χ0) is 22.9. The summed E-state index contributed by atoms with van der Waals surface area (Å²) in [4.78, 5) is 27.8. The van der Waals surface area contributed by atoms with E-state index in [1.54, 1.807) is 9.47 Å². The number of H-pyrrole nitrogens is 1. The van der Waals surface area contributed by atoms with Gasteiger partial charge in [-0.25, -0.2) is 8.42 Å². The van der Waals surface area contributed by atoms with E-state index in [2.05, 4.69) is 4.98 Å². The number of piperazine rings is 1. The van der Waals surface area contributed by atoms with Crippen LogP contribution >= 0.6 is 12.2 Å². The summed E-state index contributed by atoms with van der Waals surface area (Å²) >= 11 is 5.32. The number of nitrogens with zero attached hydrogens (tertiary/aromatic N) is 4. The fourth-order valence-corrected chi connectivity index (χ4v) is 5.46. The molecule has 10 nitrogen and oxygen atoms in total. The van der Waals surface area contributed by atoms with Crippen LogP contribution < -0.4 is 0 Å². The molecule has 32 heavy (non-hydrogen) atoms. The molecule has 0 aliphatic carbocycles. The molecule has 1 fully saturated rings. The quantitative estimate of drug-likeness (QED) is 0.345.